The molecule has 37 heavy (non-hydrogen) atoms. The largest absolute Gasteiger partial charge is 0.444 e. The molecule has 2 aromatic rings. The number of nitrogens with two attached hydrogens (primary N) is 1. The molecule has 1 aliphatic heterocycles. The van der Waals surface area contributed by atoms with Crippen LogP contribution in [-0.2, 0) is 22.5 Å². The lowest BCUT2D eigenvalue weighted by molar-refractivity contribution is -0.152. The van der Waals surface area contributed by atoms with Gasteiger partial charge in [0.15, 0.2) is 0 Å². The fourth-order valence-electron chi connectivity index (χ4n) is 4.72. The number of rotatable bonds is 8. The van der Waals surface area contributed by atoms with Gasteiger partial charge in [-0.05, 0) is 56.9 Å². The molecule has 3 rings (SSSR count). The molecule has 1 fully saturated rings. The smallest absolute Gasteiger partial charge is 0.411 e. The summed E-state index contributed by atoms with van der Waals surface area (Å²) >= 11 is 0. The van der Waals surface area contributed by atoms with Crippen LogP contribution >= 0.6 is 0 Å². The first-order valence-electron chi connectivity index (χ1n) is 12.6. The molecule has 7 nitrogen and oxygen atoms in total. The molecule has 1 aliphatic rings. The van der Waals surface area contributed by atoms with E-state index in [9.17, 15) is 23.5 Å². The zero-order valence-corrected chi connectivity index (χ0v) is 21.9. The molecule has 1 heterocycles. The van der Waals surface area contributed by atoms with Crippen LogP contribution in [0.2, 0.25) is 0 Å². The van der Waals surface area contributed by atoms with Crippen molar-refractivity contribution < 1.29 is 28.2 Å². The van der Waals surface area contributed by atoms with Crippen molar-refractivity contribution in [1.82, 2.24) is 9.80 Å². The van der Waals surface area contributed by atoms with E-state index in [-0.39, 0.29) is 18.5 Å². The summed E-state index contributed by atoms with van der Waals surface area (Å²) in [4.78, 5) is 30.1. The van der Waals surface area contributed by atoms with Gasteiger partial charge in [0, 0.05) is 25.2 Å². The van der Waals surface area contributed by atoms with Crippen molar-refractivity contribution in [2.24, 2.45) is 5.73 Å². The van der Waals surface area contributed by atoms with Gasteiger partial charge in [-0.2, -0.15) is 0 Å². The summed E-state index contributed by atoms with van der Waals surface area (Å²) in [5.74, 6) is -1.99. The Bertz CT molecular complexity index is 1060. The average molecular weight is 518 g/mol. The summed E-state index contributed by atoms with van der Waals surface area (Å²) in [5, 5.41) is 11.4. The van der Waals surface area contributed by atoms with E-state index in [1.54, 1.807) is 25.7 Å². The first kappa shape index (κ1) is 28.5. The fourth-order valence-corrected chi connectivity index (χ4v) is 4.72. The molecule has 4 atom stereocenters. The molecule has 1 saturated heterocycles. The van der Waals surface area contributed by atoms with Gasteiger partial charge in [-0.25, -0.2) is 13.6 Å². The second kappa shape index (κ2) is 12.0. The van der Waals surface area contributed by atoms with E-state index < -0.39 is 53.5 Å². The number of piperazine rings is 1. The number of carbonyl (C=O) groups is 2. The summed E-state index contributed by atoms with van der Waals surface area (Å²) < 4.78 is 33.1. The zero-order chi connectivity index (χ0) is 27.3. The Morgan fingerprint density at radius 3 is 2.32 bits per heavy atom. The standard InChI is InChI=1S/C28H37F2N3O4/c1-5-9-22-17-32(16-18-10-7-6-8-11-18)26(35)24(33(22)27(36)37-28(2,3)4)25(34)23(31)14-19-12-20(29)15-21(30)13-19/h6-8,10-13,15,22-25,34H,5,9,14,16-17,31H2,1-4H3/t22-,23-,24?,25-/m0/s1. The molecule has 0 spiro atoms. The van der Waals surface area contributed by atoms with Crippen LogP contribution in [0.15, 0.2) is 48.5 Å². The van der Waals surface area contributed by atoms with Crippen LogP contribution in [0.5, 0.6) is 0 Å². The summed E-state index contributed by atoms with van der Waals surface area (Å²) in [7, 11) is 0. The maximum atomic E-state index is 13.8. The molecular weight excluding hydrogens is 480 g/mol. The van der Waals surface area contributed by atoms with Gasteiger partial charge in [-0.15, -0.1) is 0 Å². The number of amides is 2. The van der Waals surface area contributed by atoms with E-state index in [1.807, 2.05) is 37.3 Å². The predicted molar refractivity (Wildman–Crippen MR) is 136 cm³/mol. The van der Waals surface area contributed by atoms with Crippen molar-refractivity contribution in [1.29, 1.82) is 0 Å². The SMILES string of the molecule is CCC[C@H]1CN(Cc2ccccc2)C(=O)C([C@@H](O)[C@@H](N)Cc2cc(F)cc(F)c2)N1C(=O)OC(C)(C)C. The Morgan fingerprint density at radius 2 is 1.76 bits per heavy atom. The van der Waals surface area contributed by atoms with Crippen LogP contribution in [0, 0.1) is 11.6 Å². The first-order chi connectivity index (χ1) is 17.4. The molecule has 0 aliphatic carbocycles. The lowest BCUT2D eigenvalue weighted by Crippen LogP contribution is -2.69. The number of halogens is 2. The quantitative estimate of drug-likeness (QED) is 0.552. The third-order valence-electron chi connectivity index (χ3n) is 6.29. The monoisotopic (exact) mass is 517 g/mol. The van der Waals surface area contributed by atoms with Gasteiger partial charge in [-0.3, -0.25) is 9.69 Å². The highest BCUT2D eigenvalue weighted by Gasteiger charge is 2.49. The Morgan fingerprint density at radius 1 is 1.14 bits per heavy atom. The normalized spacial score (nSPS) is 20.1. The number of hydrogen-bond acceptors (Lipinski definition) is 5. The molecule has 202 valence electrons. The summed E-state index contributed by atoms with van der Waals surface area (Å²) in [5.41, 5.74) is 6.63. The van der Waals surface area contributed by atoms with Gasteiger partial charge in [0.1, 0.15) is 23.3 Å². The van der Waals surface area contributed by atoms with E-state index in [0.29, 0.717) is 13.0 Å². The topological polar surface area (TPSA) is 96.1 Å². The van der Waals surface area contributed by atoms with Crippen LogP contribution in [0.1, 0.15) is 51.7 Å². The van der Waals surface area contributed by atoms with Gasteiger partial charge in [0.25, 0.3) is 0 Å². The van der Waals surface area contributed by atoms with Gasteiger partial charge in [0.05, 0.1) is 12.1 Å². The number of hydrogen-bond donors (Lipinski definition) is 2. The van der Waals surface area contributed by atoms with Crippen LogP contribution in [0.25, 0.3) is 0 Å². The minimum absolute atomic E-state index is 0.0983. The van der Waals surface area contributed by atoms with Crippen LogP contribution in [-0.4, -0.2) is 63.3 Å². The van der Waals surface area contributed by atoms with Crippen molar-refractivity contribution >= 4 is 12.0 Å². The Kier molecular flexibility index (Phi) is 9.26. The molecular formula is C28H37F2N3O4. The summed E-state index contributed by atoms with van der Waals surface area (Å²) in [6.07, 6.45) is -1.02. The molecule has 3 N–H and O–H groups in total. The van der Waals surface area contributed by atoms with Crippen LogP contribution in [0.4, 0.5) is 13.6 Å². The highest BCUT2D eigenvalue weighted by atomic mass is 19.1. The van der Waals surface area contributed by atoms with E-state index in [2.05, 4.69) is 0 Å². The number of nitrogens with zero attached hydrogens (tertiary/aromatic N) is 2. The molecule has 0 aromatic heterocycles. The van der Waals surface area contributed by atoms with Crippen molar-refractivity contribution in [3.8, 4) is 0 Å². The van der Waals surface area contributed by atoms with Gasteiger partial charge in [0.2, 0.25) is 5.91 Å². The highest BCUT2D eigenvalue weighted by Crippen LogP contribution is 2.28. The second-order valence-electron chi connectivity index (χ2n) is 10.6. The molecule has 1 unspecified atom stereocenters. The number of aliphatic hydroxyl groups is 1. The average Bonchev–Trinajstić information content (AvgIpc) is 2.79. The third kappa shape index (κ3) is 7.49. The van der Waals surface area contributed by atoms with Gasteiger partial charge in [-0.1, -0.05) is 43.7 Å². The lowest BCUT2D eigenvalue weighted by Gasteiger charge is -2.48. The van der Waals surface area contributed by atoms with Crippen molar-refractivity contribution in [3.05, 3.63) is 71.3 Å². The van der Waals surface area contributed by atoms with Gasteiger partial charge < -0.3 is 20.5 Å². The van der Waals surface area contributed by atoms with Crippen LogP contribution < -0.4 is 5.73 Å². The van der Waals surface area contributed by atoms with E-state index in [4.69, 9.17) is 10.5 Å². The first-order valence-corrected chi connectivity index (χ1v) is 12.6. The minimum atomic E-state index is -1.51. The van der Waals surface area contributed by atoms with E-state index >= 15 is 0 Å². The number of aliphatic hydroxyl groups excluding tert-OH is 1. The molecule has 0 bridgehead atoms. The number of carbonyl (C=O) groups excluding carboxylic acids is 2. The van der Waals surface area contributed by atoms with Crippen LogP contribution in [0.3, 0.4) is 0 Å². The van der Waals surface area contributed by atoms with Crippen molar-refractivity contribution in [3.63, 3.8) is 0 Å². The Hall–Kier alpha value is -3.04. The fraction of sp³-hybridized carbons (Fsp3) is 0.500. The minimum Gasteiger partial charge on any atom is -0.444 e. The number of benzene rings is 2. The van der Waals surface area contributed by atoms with E-state index in [1.165, 1.54) is 4.90 Å². The molecule has 2 amide bonds. The maximum absolute atomic E-state index is 13.8. The molecule has 0 saturated carbocycles. The van der Waals surface area contributed by atoms with Crippen molar-refractivity contribution in [2.75, 3.05) is 6.54 Å². The molecule has 2 aromatic carbocycles. The summed E-state index contributed by atoms with van der Waals surface area (Å²) in [6.45, 7) is 7.72. The highest BCUT2D eigenvalue weighted by molar-refractivity contribution is 5.88. The second-order valence-corrected chi connectivity index (χ2v) is 10.6. The maximum Gasteiger partial charge on any atom is 0.411 e. The molecule has 9 heteroatoms. The lowest BCUT2D eigenvalue weighted by atomic mass is 9.91. The van der Waals surface area contributed by atoms with E-state index in [0.717, 1.165) is 30.2 Å². The van der Waals surface area contributed by atoms with Crippen molar-refractivity contribution in [2.45, 2.75) is 83.3 Å². The zero-order valence-electron chi connectivity index (χ0n) is 21.9. The predicted octanol–water partition coefficient (Wildman–Crippen LogP) is 4.01. The Balaban J connectivity index is 1.96. The summed E-state index contributed by atoms with van der Waals surface area (Å²) in [6, 6.07) is 9.62. The third-order valence-corrected chi connectivity index (χ3v) is 6.29. The Labute approximate surface area is 217 Å². The number of ether oxygens (including phenoxy) is 1. The van der Waals surface area contributed by atoms with Gasteiger partial charge >= 0.3 is 6.09 Å². The molecule has 0 radical (unpaired) electrons.